The third kappa shape index (κ3) is 2.62. The molecular formula is C17H22N2O2. The first-order valence-electron chi connectivity index (χ1n) is 7.66. The van der Waals surface area contributed by atoms with Crippen LogP contribution in [0.1, 0.15) is 41.7 Å². The fourth-order valence-corrected chi connectivity index (χ4v) is 3.15. The van der Waals surface area contributed by atoms with Crippen LogP contribution in [0.15, 0.2) is 18.2 Å². The highest BCUT2D eigenvalue weighted by atomic mass is 16.5. The number of carbonyl (C=O) groups is 1. The van der Waals surface area contributed by atoms with Gasteiger partial charge in [0.2, 0.25) is 0 Å². The molecule has 1 saturated heterocycles. The minimum absolute atomic E-state index is 0.158. The zero-order valence-electron chi connectivity index (χ0n) is 12.7. The number of hydrogen-bond donors (Lipinski definition) is 1. The van der Waals surface area contributed by atoms with Crippen molar-refractivity contribution in [2.75, 3.05) is 20.2 Å². The van der Waals surface area contributed by atoms with E-state index in [1.54, 1.807) is 7.11 Å². The first-order valence-corrected chi connectivity index (χ1v) is 7.66. The Morgan fingerprint density at radius 2 is 1.90 bits per heavy atom. The highest BCUT2D eigenvalue weighted by Crippen LogP contribution is 2.27. The molecule has 1 aromatic heterocycles. The van der Waals surface area contributed by atoms with Gasteiger partial charge in [0.25, 0.3) is 5.91 Å². The Kier molecular flexibility index (Phi) is 3.86. The molecule has 0 atom stereocenters. The van der Waals surface area contributed by atoms with Crippen molar-refractivity contribution in [3.05, 3.63) is 29.5 Å². The molecule has 112 valence electrons. The molecule has 1 aliphatic heterocycles. The molecule has 21 heavy (non-hydrogen) atoms. The van der Waals surface area contributed by atoms with Gasteiger partial charge in [0.05, 0.1) is 18.2 Å². The van der Waals surface area contributed by atoms with Crippen molar-refractivity contribution in [1.29, 1.82) is 0 Å². The summed E-state index contributed by atoms with van der Waals surface area (Å²) < 4.78 is 5.25. The second-order valence-corrected chi connectivity index (χ2v) is 5.74. The lowest BCUT2D eigenvalue weighted by Crippen LogP contribution is -2.32. The summed E-state index contributed by atoms with van der Waals surface area (Å²) in [5.41, 5.74) is 2.71. The van der Waals surface area contributed by atoms with Crippen molar-refractivity contribution in [3.8, 4) is 5.75 Å². The molecule has 1 fully saturated rings. The third-order valence-corrected chi connectivity index (χ3v) is 4.30. The SMILES string of the molecule is COc1ccc2c(C(=O)N3CCCCCC3)c(C)[nH]c2c1. The van der Waals surface area contributed by atoms with Crippen molar-refractivity contribution in [2.24, 2.45) is 0 Å². The summed E-state index contributed by atoms with van der Waals surface area (Å²) in [4.78, 5) is 18.2. The van der Waals surface area contributed by atoms with Crippen LogP contribution in [-0.2, 0) is 0 Å². The van der Waals surface area contributed by atoms with E-state index in [-0.39, 0.29) is 5.91 Å². The number of hydrogen-bond acceptors (Lipinski definition) is 2. The van der Waals surface area contributed by atoms with Gasteiger partial charge in [-0.15, -0.1) is 0 Å². The van der Waals surface area contributed by atoms with Crippen LogP contribution >= 0.6 is 0 Å². The molecule has 0 unspecified atom stereocenters. The topological polar surface area (TPSA) is 45.3 Å². The predicted molar refractivity (Wildman–Crippen MR) is 84.0 cm³/mol. The second-order valence-electron chi connectivity index (χ2n) is 5.74. The minimum Gasteiger partial charge on any atom is -0.497 e. The van der Waals surface area contributed by atoms with Crippen LogP contribution in [-0.4, -0.2) is 36.0 Å². The van der Waals surface area contributed by atoms with E-state index in [1.807, 2.05) is 30.0 Å². The number of nitrogens with one attached hydrogen (secondary N) is 1. The van der Waals surface area contributed by atoms with Gasteiger partial charge < -0.3 is 14.6 Å². The molecule has 0 radical (unpaired) electrons. The Morgan fingerprint density at radius 3 is 2.57 bits per heavy atom. The summed E-state index contributed by atoms with van der Waals surface area (Å²) >= 11 is 0. The Bertz CT molecular complexity index is 652. The van der Waals surface area contributed by atoms with Gasteiger partial charge in [-0.1, -0.05) is 12.8 Å². The first kappa shape index (κ1) is 14.0. The summed E-state index contributed by atoms with van der Waals surface area (Å²) in [7, 11) is 1.65. The molecule has 3 rings (SSSR count). The number of aryl methyl sites for hydroxylation is 1. The number of carbonyl (C=O) groups excluding carboxylic acids is 1. The maximum absolute atomic E-state index is 12.9. The molecule has 1 aromatic carbocycles. The van der Waals surface area contributed by atoms with E-state index < -0.39 is 0 Å². The molecule has 1 N–H and O–H groups in total. The summed E-state index contributed by atoms with van der Waals surface area (Å²) in [6, 6.07) is 5.83. The molecular weight excluding hydrogens is 264 g/mol. The number of ether oxygens (including phenoxy) is 1. The van der Waals surface area contributed by atoms with Crippen LogP contribution in [0, 0.1) is 6.92 Å². The fraction of sp³-hybridized carbons (Fsp3) is 0.471. The normalized spacial score (nSPS) is 16.0. The molecule has 4 nitrogen and oxygen atoms in total. The van der Waals surface area contributed by atoms with Crippen molar-refractivity contribution >= 4 is 16.8 Å². The third-order valence-electron chi connectivity index (χ3n) is 4.30. The van der Waals surface area contributed by atoms with Crippen molar-refractivity contribution in [2.45, 2.75) is 32.6 Å². The number of amides is 1. The van der Waals surface area contributed by atoms with E-state index in [0.29, 0.717) is 0 Å². The van der Waals surface area contributed by atoms with E-state index in [1.165, 1.54) is 12.8 Å². The molecule has 2 heterocycles. The summed E-state index contributed by atoms with van der Waals surface area (Å²) in [6.07, 6.45) is 4.68. The molecule has 1 amide bonds. The van der Waals surface area contributed by atoms with Crippen LogP contribution in [0.4, 0.5) is 0 Å². The Labute approximate surface area is 125 Å². The summed E-state index contributed by atoms with van der Waals surface area (Å²) in [5, 5.41) is 0.988. The maximum Gasteiger partial charge on any atom is 0.256 e. The zero-order valence-corrected chi connectivity index (χ0v) is 12.7. The Morgan fingerprint density at radius 1 is 1.19 bits per heavy atom. The van der Waals surface area contributed by atoms with Gasteiger partial charge in [0.15, 0.2) is 0 Å². The number of H-pyrrole nitrogens is 1. The van der Waals surface area contributed by atoms with Gasteiger partial charge in [-0.2, -0.15) is 0 Å². The minimum atomic E-state index is 0.158. The van der Waals surface area contributed by atoms with Crippen LogP contribution < -0.4 is 4.74 Å². The summed E-state index contributed by atoms with van der Waals surface area (Å²) in [6.45, 7) is 3.72. The highest BCUT2D eigenvalue weighted by molar-refractivity contribution is 6.08. The lowest BCUT2D eigenvalue weighted by atomic mass is 10.1. The lowest BCUT2D eigenvalue weighted by molar-refractivity contribution is 0.0763. The van der Waals surface area contributed by atoms with Crippen molar-refractivity contribution < 1.29 is 9.53 Å². The number of benzene rings is 1. The number of rotatable bonds is 2. The molecule has 4 heteroatoms. The Balaban J connectivity index is 1.98. The van der Waals surface area contributed by atoms with Gasteiger partial charge in [0.1, 0.15) is 5.75 Å². The summed E-state index contributed by atoms with van der Waals surface area (Å²) in [5.74, 6) is 0.961. The zero-order chi connectivity index (χ0) is 14.8. The molecule has 2 aromatic rings. The van der Waals surface area contributed by atoms with E-state index in [9.17, 15) is 4.79 Å². The standard InChI is InChI=1S/C17H22N2O2/c1-12-16(17(20)19-9-5-3-4-6-10-19)14-8-7-13(21-2)11-15(14)18-12/h7-8,11,18H,3-6,9-10H2,1-2H3. The number of aromatic amines is 1. The van der Waals surface area contributed by atoms with Gasteiger partial charge >= 0.3 is 0 Å². The van der Waals surface area contributed by atoms with E-state index >= 15 is 0 Å². The number of nitrogens with zero attached hydrogens (tertiary/aromatic N) is 1. The number of fused-ring (bicyclic) bond motifs is 1. The molecule has 0 bridgehead atoms. The maximum atomic E-state index is 12.9. The average Bonchev–Trinajstić information content (AvgIpc) is 2.68. The monoisotopic (exact) mass is 286 g/mol. The van der Waals surface area contributed by atoms with Crippen molar-refractivity contribution in [3.63, 3.8) is 0 Å². The number of methoxy groups -OCH3 is 1. The van der Waals surface area contributed by atoms with Crippen LogP contribution in [0.5, 0.6) is 5.75 Å². The smallest absolute Gasteiger partial charge is 0.256 e. The molecule has 1 aliphatic rings. The first-order chi connectivity index (χ1) is 10.2. The fourth-order valence-electron chi connectivity index (χ4n) is 3.15. The van der Waals surface area contributed by atoms with E-state index in [2.05, 4.69) is 4.98 Å². The molecule has 0 saturated carbocycles. The van der Waals surface area contributed by atoms with Gasteiger partial charge in [0, 0.05) is 30.2 Å². The number of likely N-dealkylation sites (tertiary alicyclic amines) is 1. The Hall–Kier alpha value is -1.97. The van der Waals surface area contributed by atoms with Gasteiger partial charge in [-0.3, -0.25) is 4.79 Å². The van der Waals surface area contributed by atoms with Gasteiger partial charge in [-0.25, -0.2) is 0 Å². The van der Waals surface area contributed by atoms with Gasteiger partial charge in [-0.05, 0) is 31.9 Å². The quantitative estimate of drug-likeness (QED) is 0.918. The highest BCUT2D eigenvalue weighted by Gasteiger charge is 2.22. The van der Waals surface area contributed by atoms with E-state index in [0.717, 1.165) is 53.8 Å². The van der Waals surface area contributed by atoms with Crippen LogP contribution in [0.3, 0.4) is 0 Å². The van der Waals surface area contributed by atoms with E-state index in [4.69, 9.17) is 4.74 Å². The number of aromatic nitrogens is 1. The van der Waals surface area contributed by atoms with Crippen molar-refractivity contribution in [1.82, 2.24) is 9.88 Å². The van der Waals surface area contributed by atoms with Crippen LogP contribution in [0.25, 0.3) is 10.9 Å². The molecule has 0 aliphatic carbocycles. The van der Waals surface area contributed by atoms with Crippen LogP contribution in [0.2, 0.25) is 0 Å². The largest absolute Gasteiger partial charge is 0.497 e. The second kappa shape index (κ2) is 5.80. The lowest BCUT2D eigenvalue weighted by Gasteiger charge is -2.20. The predicted octanol–water partition coefficient (Wildman–Crippen LogP) is 3.50. The molecule has 0 spiro atoms. The average molecular weight is 286 g/mol.